The molecule has 0 spiro atoms. The van der Waals surface area contributed by atoms with Crippen molar-refractivity contribution >= 4 is 0 Å². The lowest BCUT2D eigenvalue weighted by atomic mass is 9.83. The molecular formula is C13H27NO3. The van der Waals surface area contributed by atoms with Gasteiger partial charge in [-0.2, -0.15) is 0 Å². The molecular weight excluding hydrogens is 218 g/mol. The Morgan fingerprint density at radius 3 is 2.65 bits per heavy atom. The normalized spacial score (nSPS) is 25.4. The molecule has 1 aliphatic rings. The fourth-order valence-corrected chi connectivity index (χ4v) is 2.53. The number of unbranched alkanes of at least 4 members (excludes halogenated alkanes) is 2. The molecule has 0 aromatic heterocycles. The lowest BCUT2D eigenvalue weighted by Crippen LogP contribution is -2.44. The third-order valence-corrected chi connectivity index (χ3v) is 3.54. The van der Waals surface area contributed by atoms with Crippen LogP contribution in [0.25, 0.3) is 0 Å². The van der Waals surface area contributed by atoms with Crippen molar-refractivity contribution in [3.63, 3.8) is 0 Å². The van der Waals surface area contributed by atoms with Crippen molar-refractivity contribution in [2.45, 2.75) is 32.1 Å². The number of hydrogen-bond donors (Lipinski definition) is 2. The zero-order valence-electron chi connectivity index (χ0n) is 11.0. The summed E-state index contributed by atoms with van der Waals surface area (Å²) in [7, 11) is 2.10. The van der Waals surface area contributed by atoms with Crippen molar-refractivity contribution in [1.29, 1.82) is 0 Å². The van der Waals surface area contributed by atoms with E-state index in [2.05, 4.69) is 11.9 Å². The van der Waals surface area contributed by atoms with Crippen LogP contribution in [-0.4, -0.2) is 61.7 Å². The van der Waals surface area contributed by atoms with E-state index in [-0.39, 0.29) is 18.6 Å². The van der Waals surface area contributed by atoms with E-state index in [1.54, 1.807) is 0 Å². The fourth-order valence-electron chi connectivity index (χ4n) is 2.53. The van der Waals surface area contributed by atoms with Crippen LogP contribution in [0.5, 0.6) is 0 Å². The summed E-state index contributed by atoms with van der Waals surface area (Å²) in [5, 5.41) is 18.3. The molecule has 1 unspecified atom stereocenters. The summed E-state index contributed by atoms with van der Waals surface area (Å²) in [4.78, 5) is 2.28. The summed E-state index contributed by atoms with van der Waals surface area (Å²) in [6.07, 6.45) is 5.19. The van der Waals surface area contributed by atoms with Crippen LogP contribution in [0.1, 0.15) is 32.1 Å². The minimum absolute atomic E-state index is 0.0516. The van der Waals surface area contributed by atoms with Gasteiger partial charge in [0.25, 0.3) is 0 Å². The van der Waals surface area contributed by atoms with Crippen molar-refractivity contribution in [3.8, 4) is 0 Å². The molecule has 1 atom stereocenters. The number of ether oxygens (including phenoxy) is 1. The van der Waals surface area contributed by atoms with Gasteiger partial charge in [-0.3, -0.25) is 0 Å². The zero-order chi connectivity index (χ0) is 12.6. The molecule has 4 heteroatoms. The molecule has 0 aromatic carbocycles. The first-order valence-electron chi connectivity index (χ1n) is 6.70. The van der Waals surface area contributed by atoms with E-state index in [0.717, 1.165) is 51.8 Å². The lowest BCUT2D eigenvalue weighted by Gasteiger charge is -2.38. The molecule has 0 saturated carbocycles. The molecule has 4 nitrogen and oxygen atoms in total. The molecule has 1 rings (SSSR count). The molecule has 1 fully saturated rings. The molecule has 0 amide bonds. The number of aliphatic hydroxyl groups is 2. The second-order valence-corrected chi connectivity index (χ2v) is 5.34. The third-order valence-electron chi connectivity index (χ3n) is 3.54. The maximum atomic E-state index is 9.56. The van der Waals surface area contributed by atoms with Crippen LogP contribution in [0, 0.1) is 5.41 Å². The molecule has 1 saturated heterocycles. The summed E-state index contributed by atoms with van der Waals surface area (Å²) in [6, 6.07) is 0. The van der Waals surface area contributed by atoms with Gasteiger partial charge in [0.05, 0.1) is 13.2 Å². The Morgan fingerprint density at radius 2 is 2.06 bits per heavy atom. The van der Waals surface area contributed by atoms with E-state index in [1.165, 1.54) is 0 Å². The summed E-state index contributed by atoms with van der Waals surface area (Å²) >= 11 is 0. The van der Waals surface area contributed by atoms with E-state index >= 15 is 0 Å². The Morgan fingerprint density at radius 1 is 1.24 bits per heavy atom. The van der Waals surface area contributed by atoms with Crippen molar-refractivity contribution in [2.24, 2.45) is 5.41 Å². The summed E-state index contributed by atoms with van der Waals surface area (Å²) < 4.78 is 5.50. The summed E-state index contributed by atoms with van der Waals surface area (Å²) in [6.45, 7) is 3.96. The first-order chi connectivity index (χ1) is 8.22. The first-order valence-corrected chi connectivity index (χ1v) is 6.70. The summed E-state index contributed by atoms with van der Waals surface area (Å²) in [5.74, 6) is 0. The topological polar surface area (TPSA) is 52.9 Å². The molecule has 0 radical (unpaired) electrons. The largest absolute Gasteiger partial charge is 0.396 e. The van der Waals surface area contributed by atoms with Gasteiger partial charge in [0.1, 0.15) is 0 Å². The van der Waals surface area contributed by atoms with Gasteiger partial charge < -0.3 is 19.8 Å². The molecule has 102 valence electrons. The highest BCUT2D eigenvalue weighted by molar-refractivity contribution is 4.83. The van der Waals surface area contributed by atoms with Crippen molar-refractivity contribution < 1.29 is 14.9 Å². The predicted molar refractivity (Wildman–Crippen MR) is 68.0 cm³/mol. The highest BCUT2D eigenvalue weighted by Gasteiger charge is 2.33. The maximum Gasteiger partial charge on any atom is 0.0556 e. The van der Waals surface area contributed by atoms with Crippen LogP contribution in [0.3, 0.4) is 0 Å². The Kier molecular flexibility index (Phi) is 7.04. The summed E-state index contributed by atoms with van der Waals surface area (Å²) in [5.41, 5.74) is -0.0516. The van der Waals surface area contributed by atoms with Crippen LogP contribution >= 0.6 is 0 Å². The molecule has 17 heavy (non-hydrogen) atoms. The molecule has 0 bridgehead atoms. The number of nitrogens with zero attached hydrogens (tertiary/aromatic N) is 1. The minimum atomic E-state index is -0.0516. The lowest BCUT2D eigenvalue weighted by molar-refractivity contribution is -0.0523. The molecule has 1 aliphatic heterocycles. The highest BCUT2D eigenvalue weighted by Crippen LogP contribution is 2.28. The smallest absolute Gasteiger partial charge is 0.0556 e. The number of hydrogen-bond acceptors (Lipinski definition) is 4. The molecule has 1 heterocycles. The second-order valence-electron chi connectivity index (χ2n) is 5.34. The Bertz CT molecular complexity index is 193. The molecule has 0 aromatic rings. The zero-order valence-corrected chi connectivity index (χ0v) is 11.0. The average molecular weight is 245 g/mol. The van der Waals surface area contributed by atoms with Crippen LogP contribution in [0.15, 0.2) is 0 Å². The van der Waals surface area contributed by atoms with E-state index < -0.39 is 0 Å². The van der Waals surface area contributed by atoms with E-state index in [0.29, 0.717) is 6.61 Å². The van der Waals surface area contributed by atoms with Gasteiger partial charge in [-0.15, -0.1) is 0 Å². The number of rotatable bonds is 8. The van der Waals surface area contributed by atoms with Crippen LogP contribution < -0.4 is 0 Å². The van der Waals surface area contributed by atoms with Crippen LogP contribution in [0.4, 0.5) is 0 Å². The van der Waals surface area contributed by atoms with Gasteiger partial charge in [0.2, 0.25) is 0 Å². The van der Waals surface area contributed by atoms with E-state index in [1.807, 2.05) is 0 Å². The molecule has 0 aliphatic carbocycles. The number of aliphatic hydroxyl groups excluding tert-OH is 2. The highest BCUT2D eigenvalue weighted by atomic mass is 16.5. The van der Waals surface area contributed by atoms with E-state index in [4.69, 9.17) is 9.84 Å². The fraction of sp³-hybridized carbons (Fsp3) is 1.00. The quantitative estimate of drug-likeness (QED) is 0.623. The minimum Gasteiger partial charge on any atom is -0.396 e. The van der Waals surface area contributed by atoms with Crippen molar-refractivity contribution in [2.75, 3.05) is 46.6 Å². The van der Waals surface area contributed by atoms with Gasteiger partial charge in [-0.1, -0.05) is 0 Å². The van der Waals surface area contributed by atoms with Gasteiger partial charge in [0, 0.05) is 25.2 Å². The first kappa shape index (κ1) is 14.9. The van der Waals surface area contributed by atoms with Gasteiger partial charge in [0.15, 0.2) is 0 Å². The van der Waals surface area contributed by atoms with E-state index in [9.17, 15) is 5.11 Å². The Hall–Kier alpha value is -0.160. The standard InChI is InChI=1S/C13H27NO3/c1-14(7-3-2-4-8-15)10-13(11-16)6-5-9-17-12-13/h15-16H,2-12H2,1H3. The predicted octanol–water partition coefficient (Wildman–Crippen LogP) is 0.870. The Balaban J connectivity index is 2.24. The van der Waals surface area contributed by atoms with Crippen molar-refractivity contribution in [1.82, 2.24) is 4.90 Å². The average Bonchev–Trinajstić information content (AvgIpc) is 2.36. The van der Waals surface area contributed by atoms with Crippen LogP contribution in [0.2, 0.25) is 0 Å². The van der Waals surface area contributed by atoms with Crippen LogP contribution in [-0.2, 0) is 4.74 Å². The maximum absolute atomic E-state index is 9.56. The van der Waals surface area contributed by atoms with Gasteiger partial charge in [-0.05, 0) is 45.7 Å². The third kappa shape index (κ3) is 5.34. The molecule has 2 N–H and O–H groups in total. The van der Waals surface area contributed by atoms with Gasteiger partial charge in [-0.25, -0.2) is 0 Å². The van der Waals surface area contributed by atoms with Gasteiger partial charge >= 0.3 is 0 Å². The monoisotopic (exact) mass is 245 g/mol. The SMILES string of the molecule is CN(CCCCCO)CC1(CO)CCCOC1. The van der Waals surface area contributed by atoms with Crippen molar-refractivity contribution in [3.05, 3.63) is 0 Å². The second kappa shape index (κ2) is 8.03. The Labute approximate surface area is 105 Å².